The van der Waals surface area contributed by atoms with Crippen molar-refractivity contribution in [3.05, 3.63) is 0 Å². The van der Waals surface area contributed by atoms with Crippen LogP contribution in [0.3, 0.4) is 0 Å². The van der Waals surface area contributed by atoms with E-state index in [4.69, 9.17) is 4.74 Å². The first kappa shape index (κ1) is 21.7. The van der Waals surface area contributed by atoms with Crippen LogP contribution in [0.15, 0.2) is 5.16 Å². The quantitative estimate of drug-likeness (QED) is 0.405. The maximum Gasteiger partial charge on any atom is 0.325 e. The molecule has 1 aromatic rings. The Morgan fingerprint density at radius 2 is 1.85 bits per heavy atom. The van der Waals surface area contributed by atoms with Gasteiger partial charge in [0.05, 0.1) is 6.10 Å². The summed E-state index contributed by atoms with van der Waals surface area (Å²) in [7, 11) is 0. The molecular weight excluding hydrogens is 358 g/mol. The van der Waals surface area contributed by atoms with E-state index in [2.05, 4.69) is 30.3 Å². The highest BCUT2D eigenvalue weighted by Gasteiger charge is 2.13. The first-order chi connectivity index (χ1) is 12.4. The summed E-state index contributed by atoms with van der Waals surface area (Å²) in [6.45, 7) is 11.4. The van der Waals surface area contributed by atoms with Crippen LogP contribution in [0.5, 0.6) is 0 Å². The largest absolute Gasteiger partial charge is 0.462 e. The fourth-order valence-electron chi connectivity index (χ4n) is 1.86. The lowest BCUT2D eigenvalue weighted by atomic mass is 10.5. The summed E-state index contributed by atoms with van der Waals surface area (Å²) in [4.78, 5) is 38.2. The zero-order chi connectivity index (χ0) is 19.5. The molecule has 26 heavy (non-hydrogen) atoms. The second-order valence-corrected chi connectivity index (χ2v) is 6.14. The molecule has 3 N–H and O–H groups in total. The monoisotopic (exact) mass is 385 g/mol. The number of carbonyl (C=O) groups excluding carboxylic acids is 2. The number of amides is 2. The van der Waals surface area contributed by atoms with Crippen molar-refractivity contribution in [2.24, 2.45) is 0 Å². The van der Waals surface area contributed by atoms with Crippen molar-refractivity contribution in [1.29, 1.82) is 0 Å². The fraction of sp³-hybridized carbons (Fsp3) is 0.667. The first-order valence-electron chi connectivity index (χ1n) is 8.54. The zero-order valence-electron chi connectivity index (χ0n) is 15.8. The number of nitrogens with zero attached hydrogens (tertiary/aromatic N) is 4. The minimum absolute atomic E-state index is 0.213. The summed E-state index contributed by atoms with van der Waals surface area (Å²) < 4.78 is 7.48. The number of urea groups is 1. The molecule has 1 rings (SSSR count). The Hall–Kier alpha value is -2.30. The van der Waals surface area contributed by atoms with E-state index in [0.717, 1.165) is 25.0 Å². The van der Waals surface area contributed by atoms with E-state index in [1.165, 1.54) is 0 Å². The van der Waals surface area contributed by atoms with Gasteiger partial charge in [-0.3, -0.25) is 9.52 Å². The molecule has 10 nitrogen and oxygen atoms in total. The molecule has 0 aliphatic heterocycles. The number of ether oxygens (including phenoxy) is 1. The lowest BCUT2D eigenvalue weighted by Crippen LogP contribution is -2.36. The van der Waals surface area contributed by atoms with Gasteiger partial charge in [0, 0.05) is 31.6 Å². The van der Waals surface area contributed by atoms with Crippen LogP contribution < -0.4 is 20.3 Å². The van der Waals surface area contributed by atoms with Crippen molar-refractivity contribution < 1.29 is 14.3 Å². The number of anilines is 2. The van der Waals surface area contributed by atoms with Crippen LogP contribution in [0.4, 0.5) is 16.7 Å². The van der Waals surface area contributed by atoms with Crippen LogP contribution in [0.2, 0.25) is 0 Å². The van der Waals surface area contributed by atoms with Gasteiger partial charge in [-0.2, -0.15) is 15.0 Å². The van der Waals surface area contributed by atoms with Gasteiger partial charge in [-0.25, -0.2) is 4.79 Å². The molecule has 0 aromatic carbocycles. The van der Waals surface area contributed by atoms with Gasteiger partial charge >= 0.3 is 12.0 Å². The van der Waals surface area contributed by atoms with Crippen molar-refractivity contribution in [3.63, 3.8) is 0 Å². The highest BCUT2D eigenvalue weighted by Crippen LogP contribution is 2.16. The Bertz CT molecular complexity index is 597. The maximum atomic E-state index is 11.8. The molecule has 0 unspecified atom stereocenters. The molecule has 0 bridgehead atoms. The number of aromatic nitrogens is 3. The van der Waals surface area contributed by atoms with Crippen LogP contribution in [0.25, 0.3) is 0 Å². The van der Waals surface area contributed by atoms with Crippen molar-refractivity contribution in [1.82, 2.24) is 25.0 Å². The lowest BCUT2D eigenvalue weighted by Gasteiger charge is -2.19. The van der Waals surface area contributed by atoms with Gasteiger partial charge in [0.15, 0.2) is 0 Å². The molecule has 11 heteroatoms. The third-order valence-electron chi connectivity index (χ3n) is 2.98. The second-order valence-electron chi connectivity index (χ2n) is 5.37. The lowest BCUT2D eigenvalue weighted by molar-refractivity contribution is -0.146. The highest BCUT2D eigenvalue weighted by molar-refractivity contribution is 7.97. The molecule has 0 fully saturated rings. The number of esters is 1. The van der Waals surface area contributed by atoms with Gasteiger partial charge in [-0.05, 0) is 34.6 Å². The normalized spacial score (nSPS) is 10.4. The van der Waals surface area contributed by atoms with E-state index in [-0.39, 0.29) is 12.6 Å². The van der Waals surface area contributed by atoms with Gasteiger partial charge in [0.1, 0.15) is 6.54 Å². The summed E-state index contributed by atoms with van der Waals surface area (Å²) in [5.41, 5.74) is 0. The Morgan fingerprint density at radius 3 is 2.42 bits per heavy atom. The third-order valence-corrected chi connectivity index (χ3v) is 3.63. The Balaban J connectivity index is 2.67. The van der Waals surface area contributed by atoms with E-state index in [0.29, 0.717) is 23.6 Å². The highest BCUT2D eigenvalue weighted by atomic mass is 32.2. The second kappa shape index (κ2) is 11.3. The van der Waals surface area contributed by atoms with E-state index >= 15 is 0 Å². The molecule has 0 saturated heterocycles. The Morgan fingerprint density at radius 1 is 1.15 bits per heavy atom. The van der Waals surface area contributed by atoms with Crippen LogP contribution in [-0.2, 0) is 9.53 Å². The number of hydrogen-bond acceptors (Lipinski definition) is 9. The molecule has 1 heterocycles. The smallest absolute Gasteiger partial charge is 0.325 e. The van der Waals surface area contributed by atoms with Gasteiger partial charge < -0.3 is 20.3 Å². The molecule has 2 amide bonds. The van der Waals surface area contributed by atoms with Crippen molar-refractivity contribution in [2.45, 2.75) is 45.9 Å². The van der Waals surface area contributed by atoms with E-state index in [9.17, 15) is 9.59 Å². The molecule has 0 aliphatic carbocycles. The minimum Gasteiger partial charge on any atom is -0.462 e. The predicted octanol–water partition coefficient (Wildman–Crippen LogP) is 1.41. The standard InChI is InChI=1S/C15H27N7O3S/c1-6-16-12-18-13(22(7-2)8-3)20-15(19-12)26-21-14(24)17-9-11(23)25-10(4)5/h10H,6-9H2,1-5H3,(H2,17,21,24)(H,16,18,19,20). The van der Waals surface area contributed by atoms with Crippen LogP contribution in [0.1, 0.15) is 34.6 Å². The molecular formula is C15H27N7O3S. The molecule has 1 aromatic heterocycles. The van der Waals surface area contributed by atoms with E-state index in [1.807, 2.05) is 25.7 Å². The van der Waals surface area contributed by atoms with Crippen LogP contribution in [0, 0.1) is 0 Å². The van der Waals surface area contributed by atoms with Crippen molar-refractivity contribution in [2.75, 3.05) is 36.4 Å². The van der Waals surface area contributed by atoms with Crippen LogP contribution in [-0.4, -0.2) is 59.2 Å². The van der Waals surface area contributed by atoms with Gasteiger partial charge in [0.2, 0.25) is 17.1 Å². The predicted molar refractivity (Wildman–Crippen MR) is 101 cm³/mol. The summed E-state index contributed by atoms with van der Waals surface area (Å²) >= 11 is 0.944. The average Bonchev–Trinajstić information content (AvgIpc) is 2.59. The zero-order valence-corrected chi connectivity index (χ0v) is 16.6. The number of carbonyl (C=O) groups is 2. The fourth-order valence-corrected chi connectivity index (χ4v) is 2.38. The minimum atomic E-state index is -0.537. The summed E-state index contributed by atoms with van der Waals surface area (Å²) in [5, 5.41) is 5.81. The average molecular weight is 385 g/mol. The molecule has 0 atom stereocenters. The Kier molecular flexibility index (Phi) is 9.48. The summed E-state index contributed by atoms with van der Waals surface area (Å²) in [6, 6.07) is -0.537. The number of rotatable bonds is 10. The van der Waals surface area contributed by atoms with Gasteiger partial charge in [-0.1, -0.05) is 0 Å². The van der Waals surface area contributed by atoms with Gasteiger partial charge in [-0.15, -0.1) is 0 Å². The van der Waals surface area contributed by atoms with E-state index < -0.39 is 12.0 Å². The number of hydrogen-bond donors (Lipinski definition) is 3. The topological polar surface area (TPSA) is 121 Å². The summed E-state index contributed by atoms with van der Waals surface area (Å²) in [5.74, 6) is 0.472. The molecule has 0 spiro atoms. The molecule has 146 valence electrons. The van der Waals surface area contributed by atoms with Crippen LogP contribution >= 0.6 is 11.9 Å². The number of nitrogens with one attached hydrogen (secondary N) is 3. The van der Waals surface area contributed by atoms with E-state index in [1.54, 1.807) is 13.8 Å². The molecule has 0 aliphatic rings. The van der Waals surface area contributed by atoms with Crippen molar-refractivity contribution in [3.8, 4) is 0 Å². The molecule has 0 saturated carbocycles. The molecule has 0 radical (unpaired) electrons. The van der Waals surface area contributed by atoms with Gasteiger partial charge in [0.25, 0.3) is 0 Å². The third kappa shape index (κ3) is 7.72. The first-order valence-corrected chi connectivity index (χ1v) is 9.36. The maximum absolute atomic E-state index is 11.8. The van der Waals surface area contributed by atoms with Crippen molar-refractivity contribution >= 4 is 35.8 Å². The summed E-state index contributed by atoms with van der Waals surface area (Å²) in [6.07, 6.45) is -0.227. The Labute approximate surface area is 158 Å². The SMILES string of the molecule is CCNc1nc(SNC(=O)NCC(=O)OC(C)C)nc(N(CC)CC)n1.